The minimum absolute atomic E-state index is 0.122. The minimum Gasteiger partial charge on any atom is -0.478 e. The van der Waals surface area contributed by atoms with E-state index in [9.17, 15) is 9.90 Å². The van der Waals surface area contributed by atoms with Crippen LogP contribution in [0.1, 0.15) is 43.6 Å². The first-order valence-electron chi connectivity index (χ1n) is 7.34. The number of ether oxygens (including phenoxy) is 1. The van der Waals surface area contributed by atoms with Crippen LogP contribution in [0.2, 0.25) is 0 Å². The monoisotopic (exact) mass is 298 g/mol. The zero-order chi connectivity index (χ0) is 16.3. The topological polar surface area (TPSA) is 46.5 Å². The molecule has 116 valence electrons. The van der Waals surface area contributed by atoms with E-state index in [1.54, 1.807) is 12.1 Å². The normalized spacial score (nSPS) is 12.7. The van der Waals surface area contributed by atoms with Gasteiger partial charge < -0.3 is 9.84 Å². The average Bonchev–Trinajstić information content (AvgIpc) is 2.44. The first-order chi connectivity index (χ1) is 10.3. The molecule has 0 aromatic heterocycles. The van der Waals surface area contributed by atoms with E-state index in [0.29, 0.717) is 11.3 Å². The van der Waals surface area contributed by atoms with E-state index in [4.69, 9.17) is 4.74 Å². The molecule has 0 amide bonds. The van der Waals surface area contributed by atoms with Crippen LogP contribution >= 0.6 is 0 Å². The highest BCUT2D eigenvalue weighted by Gasteiger charge is 2.26. The Morgan fingerprint density at radius 3 is 2.27 bits per heavy atom. The maximum absolute atomic E-state index is 11.6. The first-order valence-corrected chi connectivity index (χ1v) is 7.34. The molecule has 2 aromatic rings. The predicted octanol–water partition coefficient (Wildman–Crippen LogP) is 4.50. The van der Waals surface area contributed by atoms with Gasteiger partial charge in [0.25, 0.3) is 0 Å². The van der Waals surface area contributed by atoms with Crippen molar-refractivity contribution in [2.45, 2.75) is 39.2 Å². The lowest BCUT2D eigenvalue weighted by atomic mass is 9.86. The second kappa shape index (κ2) is 6.22. The SMILES string of the molecule is Cc1ccc(C(C)(C)C)c(OC(C(=O)O)c2ccccc2)c1. The number of rotatable bonds is 4. The minimum atomic E-state index is -1.01. The van der Waals surface area contributed by atoms with E-state index in [2.05, 4.69) is 20.8 Å². The number of carbonyl (C=O) groups is 1. The summed E-state index contributed by atoms with van der Waals surface area (Å²) in [6.07, 6.45) is -1.01. The molecule has 3 nitrogen and oxygen atoms in total. The highest BCUT2D eigenvalue weighted by molar-refractivity contribution is 5.75. The zero-order valence-electron chi connectivity index (χ0n) is 13.5. The van der Waals surface area contributed by atoms with Crippen LogP contribution in [0.5, 0.6) is 5.75 Å². The van der Waals surface area contributed by atoms with Crippen molar-refractivity contribution in [3.8, 4) is 5.75 Å². The summed E-state index contributed by atoms with van der Waals surface area (Å²) in [5.41, 5.74) is 2.56. The van der Waals surface area contributed by atoms with Gasteiger partial charge in [-0.3, -0.25) is 0 Å². The molecule has 0 heterocycles. The molecule has 0 fully saturated rings. The summed E-state index contributed by atoms with van der Waals surface area (Å²) in [7, 11) is 0. The molecule has 0 saturated carbocycles. The van der Waals surface area contributed by atoms with Gasteiger partial charge in [-0.25, -0.2) is 4.79 Å². The van der Waals surface area contributed by atoms with Crippen molar-refractivity contribution >= 4 is 5.97 Å². The van der Waals surface area contributed by atoms with Crippen molar-refractivity contribution < 1.29 is 14.6 Å². The molecule has 0 aliphatic carbocycles. The van der Waals surface area contributed by atoms with Crippen LogP contribution in [0.25, 0.3) is 0 Å². The van der Waals surface area contributed by atoms with Gasteiger partial charge >= 0.3 is 5.97 Å². The summed E-state index contributed by atoms with van der Waals surface area (Å²) in [4.78, 5) is 11.6. The smallest absolute Gasteiger partial charge is 0.349 e. The maximum Gasteiger partial charge on any atom is 0.349 e. The average molecular weight is 298 g/mol. The van der Waals surface area contributed by atoms with Crippen molar-refractivity contribution in [3.05, 3.63) is 65.2 Å². The number of hydrogen-bond acceptors (Lipinski definition) is 2. The summed E-state index contributed by atoms with van der Waals surface area (Å²) in [6, 6.07) is 15.0. The van der Waals surface area contributed by atoms with Crippen molar-refractivity contribution in [2.24, 2.45) is 0 Å². The van der Waals surface area contributed by atoms with Gasteiger partial charge in [0, 0.05) is 5.56 Å². The first kappa shape index (κ1) is 16.1. The molecule has 2 rings (SSSR count). The van der Waals surface area contributed by atoms with E-state index in [-0.39, 0.29) is 5.41 Å². The molecule has 3 heteroatoms. The molecule has 0 radical (unpaired) electrons. The van der Waals surface area contributed by atoms with Crippen molar-refractivity contribution in [2.75, 3.05) is 0 Å². The molecule has 0 aliphatic heterocycles. The highest BCUT2D eigenvalue weighted by atomic mass is 16.5. The second-order valence-electron chi connectivity index (χ2n) is 6.50. The molecule has 0 bridgehead atoms. The number of carboxylic acid groups (broad SMARTS) is 1. The van der Waals surface area contributed by atoms with E-state index in [1.165, 1.54) is 0 Å². The van der Waals surface area contributed by atoms with Gasteiger partial charge in [-0.2, -0.15) is 0 Å². The molecule has 0 saturated heterocycles. The van der Waals surface area contributed by atoms with Crippen LogP contribution in [0, 0.1) is 6.92 Å². The standard InChI is InChI=1S/C19H22O3/c1-13-10-11-15(19(2,3)4)16(12-13)22-17(18(20)21)14-8-6-5-7-9-14/h5-12,17H,1-4H3,(H,20,21). The number of aliphatic carboxylic acids is 1. The molecule has 0 aliphatic rings. The molecule has 2 aromatic carbocycles. The molecular formula is C19H22O3. The summed E-state index contributed by atoms with van der Waals surface area (Å²) in [5.74, 6) is -0.365. The van der Waals surface area contributed by atoms with Crippen LogP contribution in [0.15, 0.2) is 48.5 Å². The number of hydrogen-bond donors (Lipinski definition) is 1. The van der Waals surface area contributed by atoms with Crippen LogP contribution in [0.4, 0.5) is 0 Å². The Morgan fingerprint density at radius 1 is 1.09 bits per heavy atom. The summed E-state index contributed by atoms with van der Waals surface area (Å²) in [6.45, 7) is 8.23. The molecule has 1 unspecified atom stereocenters. The van der Waals surface area contributed by atoms with Gasteiger partial charge in [0.15, 0.2) is 0 Å². The van der Waals surface area contributed by atoms with E-state index in [1.807, 2.05) is 43.3 Å². The Labute approximate surface area is 131 Å². The largest absolute Gasteiger partial charge is 0.478 e. The van der Waals surface area contributed by atoms with Gasteiger partial charge in [-0.05, 0) is 29.5 Å². The van der Waals surface area contributed by atoms with E-state index < -0.39 is 12.1 Å². The summed E-state index contributed by atoms with van der Waals surface area (Å²) >= 11 is 0. The van der Waals surface area contributed by atoms with Gasteiger partial charge in [0.2, 0.25) is 6.10 Å². The number of benzene rings is 2. The van der Waals surface area contributed by atoms with Crippen molar-refractivity contribution in [1.29, 1.82) is 0 Å². The maximum atomic E-state index is 11.6. The fourth-order valence-electron chi connectivity index (χ4n) is 2.36. The Bertz CT molecular complexity index is 654. The lowest BCUT2D eigenvalue weighted by Gasteiger charge is -2.25. The molecular weight excluding hydrogens is 276 g/mol. The lowest BCUT2D eigenvalue weighted by Crippen LogP contribution is -2.21. The fourth-order valence-corrected chi connectivity index (χ4v) is 2.36. The van der Waals surface area contributed by atoms with Crippen LogP contribution < -0.4 is 4.74 Å². The van der Waals surface area contributed by atoms with Crippen LogP contribution in [-0.2, 0) is 10.2 Å². The number of aryl methyl sites for hydroxylation is 1. The molecule has 1 N–H and O–H groups in total. The predicted molar refractivity (Wildman–Crippen MR) is 87.3 cm³/mol. The highest BCUT2D eigenvalue weighted by Crippen LogP contribution is 2.34. The van der Waals surface area contributed by atoms with E-state index in [0.717, 1.165) is 11.1 Å². The van der Waals surface area contributed by atoms with Crippen molar-refractivity contribution in [3.63, 3.8) is 0 Å². The van der Waals surface area contributed by atoms with E-state index >= 15 is 0 Å². The fraction of sp³-hybridized carbons (Fsp3) is 0.316. The number of carboxylic acids is 1. The lowest BCUT2D eigenvalue weighted by molar-refractivity contribution is -0.145. The van der Waals surface area contributed by atoms with Crippen LogP contribution in [-0.4, -0.2) is 11.1 Å². The zero-order valence-corrected chi connectivity index (χ0v) is 13.5. The van der Waals surface area contributed by atoms with Gasteiger partial charge in [0.1, 0.15) is 5.75 Å². The molecule has 22 heavy (non-hydrogen) atoms. The summed E-state index contributed by atoms with van der Waals surface area (Å²) in [5, 5.41) is 9.53. The third kappa shape index (κ3) is 3.67. The molecule has 0 spiro atoms. The Morgan fingerprint density at radius 2 is 1.73 bits per heavy atom. The third-order valence-corrected chi connectivity index (χ3v) is 3.52. The Hall–Kier alpha value is -2.29. The van der Waals surface area contributed by atoms with Gasteiger partial charge in [-0.15, -0.1) is 0 Å². The van der Waals surface area contributed by atoms with Gasteiger partial charge in [-0.1, -0.05) is 63.2 Å². The quantitative estimate of drug-likeness (QED) is 0.904. The second-order valence-corrected chi connectivity index (χ2v) is 6.50. The van der Waals surface area contributed by atoms with Crippen molar-refractivity contribution in [1.82, 2.24) is 0 Å². The molecule has 1 atom stereocenters. The summed E-state index contributed by atoms with van der Waals surface area (Å²) < 4.78 is 5.90. The van der Waals surface area contributed by atoms with Gasteiger partial charge in [0.05, 0.1) is 0 Å². The van der Waals surface area contributed by atoms with Crippen LogP contribution in [0.3, 0.4) is 0 Å². The Balaban J connectivity index is 2.43. The Kier molecular flexibility index (Phi) is 4.55. The third-order valence-electron chi connectivity index (χ3n) is 3.52.